The van der Waals surface area contributed by atoms with Crippen molar-refractivity contribution in [2.75, 3.05) is 14.7 Å². The first-order valence-electron chi connectivity index (χ1n) is 33.5. The fraction of sp³-hybridized carbons (Fsp3) is 0.422. The van der Waals surface area contributed by atoms with Gasteiger partial charge in [0.25, 0.3) is 6.71 Å². The Morgan fingerprint density at radius 3 is 1.47 bits per heavy atom. The van der Waals surface area contributed by atoms with Gasteiger partial charge in [-0.1, -0.05) is 215 Å². The third-order valence-corrected chi connectivity index (χ3v) is 24.3. The summed E-state index contributed by atoms with van der Waals surface area (Å²) in [5.41, 5.74) is 31.4. The van der Waals surface area contributed by atoms with E-state index >= 15 is 0 Å². The van der Waals surface area contributed by atoms with Crippen LogP contribution in [0.25, 0.3) is 22.3 Å². The lowest BCUT2D eigenvalue weighted by Crippen LogP contribution is -2.62. The Morgan fingerprint density at radius 2 is 0.862 bits per heavy atom. The second kappa shape index (κ2) is 18.4. The average Bonchev–Trinajstić information content (AvgIpc) is 1.71. The van der Waals surface area contributed by atoms with Crippen LogP contribution in [0.4, 0.5) is 45.5 Å². The molecule has 87 heavy (non-hydrogen) atoms. The van der Waals surface area contributed by atoms with Crippen molar-refractivity contribution in [2.45, 2.75) is 224 Å². The van der Waals surface area contributed by atoms with E-state index in [4.69, 9.17) is 0 Å². The molecule has 0 radical (unpaired) electrons. The van der Waals surface area contributed by atoms with Gasteiger partial charge in [-0.3, -0.25) is 0 Å². The summed E-state index contributed by atoms with van der Waals surface area (Å²) in [5.74, 6) is 0. The molecule has 3 heterocycles. The molecule has 2 unspecified atom stereocenters. The first kappa shape index (κ1) is 56.7. The van der Waals surface area contributed by atoms with Crippen LogP contribution in [0.3, 0.4) is 0 Å². The number of anilines is 8. The molecule has 0 saturated heterocycles. The zero-order valence-electron chi connectivity index (χ0n) is 55.7. The highest BCUT2D eigenvalue weighted by Crippen LogP contribution is 2.63. The normalized spacial score (nSPS) is 23.4. The summed E-state index contributed by atoms with van der Waals surface area (Å²) in [6, 6.07) is 61.6. The first-order valence-corrected chi connectivity index (χ1v) is 33.5. The van der Waals surface area contributed by atoms with Crippen LogP contribution in [0.15, 0.2) is 152 Å². The second-order valence-corrected chi connectivity index (χ2v) is 33.7. The number of fused-ring (bicyclic) bond motifs is 10. The smallest absolute Gasteiger partial charge is 0.252 e. The molecule has 8 aromatic rings. The Morgan fingerprint density at radius 1 is 0.356 bits per heavy atom. The summed E-state index contributed by atoms with van der Waals surface area (Å²) in [4.78, 5) is 8.50. The third-order valence-electron chi connectivity index (χ3n) is 24.3. The lowest BCUT2D eigenvalue weighted by atomic mass is 9.33. The zero-order valence-corrected chi connectivity index (χ0v) is 55.7. The lowest BCUT2D eigenvalue weighted by molar-refractivity contribution is 0.195. The fourth-order valence-electron chi connectivity index (χ4n) is 18.9. The van der Waals surface area contributed by atoms with E-state index in [2.05, 4.69) is 284 Å². The van der Waals surface area contributed by atoms with Gasteiger partial charge < -0.3 is 14.7 Å². The van der Waals surface area contributed by atoms with Crippen LogP contribution in [0.1, 0.15) is 220 Å². The Kier molecular flexibility index (Phi) is 12.0. The minimum atomic E-state index is -0.200. The van der Waals surface area contributed by atoms with Gasteiger partial charge in [-0.15, -0.1) is 0 Å². The molecule has 4 heteroatoms. The zero-order chi connectivity index (χ0) is 61.1. The van der Waals surface area contributed by atoms with Crippen LogP contribution >= 0.6 is 0 Å². The highest BCUT2D eigenvalue weighted by Gasteiger charge is 2.59. The molecular formula is C83H94BN3. The van der Waals surface area contributed by atoms with E-state index in [9.17, 15) is 0 Å². The van der Waals surface area contributed by atoms with Crippen molar-refractivity contribution in [1.29, 1.82) is 0 Å². The van der Waals surface area contributed by atoms with E-state index in [0.717, 1.165) is 38.5 Å². The summed E-state index contributed by atoms with van der Waals surface area (Å²) in [6.07, 6.45) is 10.5. The quantitative estimate of drug-likeness (QED) is 0.159. The molecule has 4 aliphatic carbocycles. The standard InChI is InChI=1S/C83H94BN3/c1-75(2,3)55-31-35-68(58(43-55)53-28-22-19-23-29-53)86-71-50-64-62(80(12,13)51-81(64,14)15)48-67(71)84-66-47-61-63(79(10,11)41-40-78(61,8)9)49-70(66)85(56-32-33-59-60(44-56)77(6,7)39-38-76(59,4)5)72-45-57(46-73(86)74(72)84)87-69-34-30-54(52-26-20-18-21-27-52)42-65(69)82(16)36-24-25-37-83(82,87)17/h18-23,26-35,42-50H,24-25,36-41,51H2,1-17H3. The molecule has 15 rings (SSSR count). The summed E-state index contributed by atoms with van der Waals surface area (Å²) in [5, 5.41) is 0. The van der Waals surface area contributed by atoms with Gasteiger partial charge in [-0.25, -0.2) is 0 Å². The highest BCUT2D eigenvalue weighted by atomic mass is 15.3. The molecule has 8 aromatic carbocycles. The number of rotatable bonds is 5. The molecule has 444 valence electrons. The molecule has 1 saturated carbocycles. The molecule has 0 aromatic heterocycles. The van der Waals surface area contributed by atoms with Crippen LogP contribution in [-0.4, -0.2) is 12.3 Å². The maximum atomic E-state index is 2.88. The van der Waals surface area contributed by atoms with Gasteiger partial charge in [0.15, 0.2) is 0 Å². The summed E-state index contributed by atoms with van der Waals surface area (Å²) in [6.45, 7) is 42.5. The van der Waals surface area contributed by atoms with Crippen LogP contribution in [0, 0.1) is 0 Å². The van der Waals surface area contributed by atoms with Crippen LogP contribution < -0.4 is 31.1 Å². The van der Waals surface area contributed by atoms with Gasteiger partial charge in [0.1, 0.15) is 0 Å². The Balaban J connectivity index is 1.12. The van der Waals surface area contributed by atoms with Gasteiger partial charge in [-0.05, 0) is 228 Å². The van der Waals surface area contributed by atoms with Gasteiger partial charge in [-0.2, -0.15) is 0 Å². The monoisotopic (exact) mass is 1140 g/mol. The molecule has 0 spiro atoms. The van der Waals surface area contributed by atoms with Crippen molar-refractivity contribution < 1.29 is 0 Å². The largest absolute Gasteiger partial charge is 0.334 e. The number of hydrogen-bond donors (Lipinski definition) is 0. The topological polar surface area (TPSA) is 9.72 Å². The van der Waals surface area contributed by atoms with Gasteiger partial charge in [0, 0.05) is 50.8 Å². The molecule has 3 nitrogen and oxygen atoms in total. The Bertz CT molecular complexity index is 4180. The highest BCUT2D eigenvalue weighted by molar-refractivity contribution is 7.00. The van der Waals surface area contributed by atoms with E-state index in [1.165, 1.54) is 148 Å². The maximum Gasteiger partial charge on any atom is 0.252 e. The molecule has 1 fully saturated rings. The van der Waals surface area contributed by atoms with Crippen LogP contribution in [0.2, 0.25) is 0 Å². The molecule has 3 aliphatic heterocycles. The van der Waals surface area contributed by atoms with Crippen molar-refractivity contribution in [3.8, 4) is 22.3 Å². The van der Waals surface area contributed by atoms with Crippen LogP contribution in [0.5, 0.6) is 0 Å². The summed E-state index contributed by atoms with van der Waals surface area (Å²) in [7, 11) is 0. The predicted octanol–water partition coefficient (Wildman–Crippen LogP) is 20.8. The van der Waals surface area contributed by atoms with Crippen molar-refractivity contribution in [1.82, 2.24) is 0 Å². The first-order chi connectivity index (χ1) is 40.9. The molecular weight excluding hydrogens is 1050 g/mol. The number of hydrogen-bond acceptors (Lipinski definition) is 3. The van der Waals surface area contributed by atoms with E-state index in [0.29, 0.717) is 0 Å². The SMILES string of the molecule is CC(C)(C)c1ccc(N2c3cc4c(cc3B3c5cc6c(cc5N(c5ccc7c(c5)C(C)(C)CCC7(C)C)c5cc(N7c8ccc(-c9ccccc9)cc8C8(C)CCCCC78C)cc2c53)C(C)(C)CCC6(C)C)C(C)(C)CC4(C)C)c(-c2ccccc2)c1. The minimum Gasteiger partial charge on any atom is -0.334 e. The second-order valence-electron chi connectivity index (χ2n) is 33.7. The Hall–Kier alpha value is -6.78. The predicted molar refractivity (Wildman–Crippen MR) is 374 cm³/mol. The van der Waals surface area contributed by atoms with E-state index in [1.54, 1.807) is 0 Å². The van der Waals surface area contributed by atoms with Crippen LogP contribution in [-0.2, 0) is 43.3 Å². The third kappa shape index (κ3) is 8.19. The van der Waals surface area contributed by atoms with Gasteiger partial charge in [0.05, 0.1) is 11.2 Å². The Labute approximate surface area is 523 Å². The van der Waals surface area contributed by atoms with E-state index in [-0.39, 0.29) is 55.6 Å². The molecule has 0 N–H and O–H groups in total. The number of nitrogens with zero attached hydrogens (tertiary/aromatic N) is 3. The van der Waals surface area contributed by atoms with Crippen molar-refractivity contribution in [3.63, 3.8) is 0 Å². The fourth-order valence-corrected chi connectivity index (χ4v) is 18.9. The minimum absolute atomic E-state index is 0.00333. The van der Waals surface area contributed by atoms with Gasteiger partial charge in [0.2, 0.25) is 0 Å². The average molecular weight is 1140 g/mol. The molecule has 0 bridgehead atoms. The molecule has 7 aliphatic rings. The van der Waals surface area contributed by atoms with Crippen molar-refractivity contribution >= 4 is 68.6 Å². The maximum absolute atomic E-state index is 2.88. The summed E-state index contributed by atoms with van der Waals surface area (Å²) < 4.78 is 0. The number of benzene rings is 8. The lowest BCUT2D eigenvalue weighted by Gasteiger charge is -2.51. The molecule has 0 amide bonds. The summed E-state index contributed by atoms with van der Waals surface area (Å²) >= 11 is 0. The van der Waals surface area contributed by atoms with Crippen molar-refractivity contribution in [3.05, 3.63) is 196 Å². The van der Waals surface area contributed by atoms with E-state index < -0.39 is 0 Å². The molecule has 2 atom stereocenters. The van der Waals surface area contributed by atoms with E-state index in [1.807, 2.05) is 0 Å². The van der Waals surface area contributed by atoms with Gasteiger partial charge >= 0.3 is 0 Å². The van der Waals surface area contributed by atoms with Crippen molar-refractivity contribution in [2.24, 2.45) is 0 Å².